The van der Waals surface area contributed by atoms with Crippen LogP contribution in [0.5, 0.6) is 0 Å². The summed E-state index contributed by atoms with van der Waals surface area (Å²) in [4.78, 5) is 2.00. The number of nitrogens with two attached hydrogens (primary N) is 3. The molecule has 0 aliphatic rings. The molecular formula is C12H13N3S. The number of nitrogen functional groups attached to an aromatic ring is 3. The SMILES string of the molecule is Nc1cc(N)cc(Sc2ccccc2N)c1. The largest absolute Gasteiger partial charge is 0.399 e. The number of hydrogen-bond donors (Lipinski definition) is 3. The average Bonchev–Trinajstić information content (AvgIpc) is 2.20. The molecule has 0 fully saturated rings. The highest BCUT2D eigenvalue weighted by atomic mass is 32.2. The standard InChI is InChI=1S/C12H13N3S/c13-8-5-9(14)7-10(6-8)16-12-4-2-1-3-11(12)15/h1-7H,13-15H2. The third-order valence-electron chi connectivity index (χ3n) is 2.10. The molecule has 0 aliphatic carbocycles. The summed E-state index contributed by atoms with van der Waals surface area (Å²) in [5, 5.41) is 0. The molecule has 0 atom stereocenters. The van der Waals surface area contributed by atoms with Gasteiger partial charge in [0.15, 0.2) is 0 Å². The molecule has 0 aliphatic heterocycles. The summed E-state index contributed by atoms with van der Waals surface area (Å²) < 4.78 is 0. The van der Waals surface area contributed by atoms with Crippen LogP contribution in [0.25, 0.3) is 0 Å². The van der Waals surface area contributed by atoms with E-state index in [4.69, 9.17) is 17.2 Å². The van der Waals surface area contributed by atoms with Gasteiger partial charge in [0.2, 0.25) is 0 Å². The van der Waals surface area contributed by atoms with Crippen molar-refractivity contribution in [2.24, 2.45) is 0 Å². The second-order valence-corrected chi connectivity index (χ2v) is 4.59. The topological polar surface area (TPSA) is 78.1 Å². The Morgan fingerprint density at radius 2 is 1.44 bits per heavy atom. The lowest BCUT2D eigenvalue weighted by Crippen LogP contribution is -1.91. The van der Waals surface area contributed by atoms with Gasteiger partial charge in [-0.3, -0.25) is 0 Å². The fourth-order valence-corrected chi connectivity index (χ4v) is 2.38. The van der Waals surface area contributed by atoms with Crippen molar-refractivity contribution >= 4 is 28.8 Å². The van der Waals surface area contributed by atoms with E-state index in [-0.39, 0.29) is 0 Å². The number of anilines is 3. The average molecular weight is 231 g/mol. The van der Waals surface area contributed by atoms with Gasteiger partial charge >= 0.3 is 0 Å². The van der Waals surface area contributed by atoms with Gasteiger partial charge in [-0.05, 0) is 30.3 Å². The molecule has 0 amide bonds. The Morgan fingerprint density at radius 3 is 2.06 bits per heavy atom. The molecule has 6 N–H and O–H groups in total. The maximum Gasteiger partial charge on any atom is 0.0455 e. The first-order valence-corrected chi connectivity index (χ1v) is 5.65. The van der Waals surface area contributed by atoms with Crippen molar-refractivity contribution in [1.82, 2.24) is 0 Å². The fraction of sp³-hybridized carbons (Fsp3) is 0. The first kappa shape index (κ1) is 10.7. The van der Waals surface area contributed by atoms with E-state index in [0.29, 0.717) is 11.4 Å². The van der Waals surface area contributed by atoms with Crippen LogP contribution in [0.4, 0.5) is 17.1 Å². The van der Waals surface area contributed by atoms with Crippen LogP contribution in [-0.4, -0.2) is 0 Å². The Hall–Kier alpha value is -1.81. The molecule has 4 heteroatoms. The quantitative estimate of drug-likeness (QED) is 0.694. The molecule has 0 heterocycles. The number of rotatable bonds is 2. The first-order chi connectivity index (χ1) is 7.65. The number of benzene rings is 2. The summed E-state index contributed by atoms with van der Waals surface area (Å²) >= 11 is 1.56. The van der Waals surface area contributed by atoms with Crippen LogP contribution in [0.15, 0.2) is 52.3 Å². The summed E-state index contributed by atoms with van der Waals surface area (Å²) in [6.45, 7) is 0. The van der Waals surface area contributed by atoms with E-state index in [1.54, 1.807) is 17.8 Å². The summed E-state index contributed by atoms with van der Waals surface area (Å²) in [7, 11) is 0. The molecule has 82 valence electrons. The van der Waals surface area contributed by atoms with Gasteiger partial charge in [-0.1, -0.05) is 23.9 Å². The number of hydrogen-bond acceptors (Lipinski definition) is 4. The molecule has 0 saturated heterocycles. The van der Waals surface area contributed by atoms with E-state index in [2.05, 4.69) is 0 Å². The molecule has 2 aromatic rings. The van der Waals surface area contributed by atoms with Crippen LogP contribution in [0.2, 0.25) is 0 Å². The van der Waals surface area contributed by atoms with Crippen LogP contribution in [0.3, 0.4) is 0 Å². The molecule has 0 bridgehead atoms. The molecule has 16 heavy (non-hydrogen) atoms. The zero-order valence-corrected chi connectivity index (χ0v) is 9.50. The highest BCUT2D eigenvalue weighted by Gasteiger charge is 2.02. The van der Waals surface area contributed by atoms with Crippen LogP contribution in [0.1, 0.15) is 0 Å². The predicted octanol–water partition coefficient (Wildman–Crippen LogP) is 2.58. The highest BCUT2D eigenvalue weighted by Crippen LogP contribution is 2.33. The highest BCUT2D eigenvalue weighted by molar-refractivity contribution is 7.99. The monoisotopic (exact) mass is 231 g/mol. The fourth-order valence-electron chi connectivity index (χ4n) is 1.41. The third-order valence-corrected chi connectivity index (χ3v) is 3.16. The van der Waals surface area contributed by atoms with Gasteiger partial charge in [-0.15, -0.1) is 0 Å². The van der Waals surface area contributed by atoms with Crippen molar-refractivity contribution in [2.45, 2.75) is 9.79 Å². The Balaban J connectivity index is 2.30. The van der Waals surface area contributed by atoms with Gasteiger partial charge < -0.3 is 17.2 Å². The minimum atomic E-state index is 0.664. The normalized spacial score (nSPS) is 10.2. The lowest BCUT2D eigenvalue weighted by atomic mass is 10.3. The van der Waals surface area contributed by atoms with Crippen molar-refractivity contribution < 1.29 is 0 Å². The van der Waals surface area contributed by atoms with Gasteiger partial charge in [0, 0.05) is 26.9 Å². The summed E-state index contributed by atoms with van der Waals surface area (Å²) in [6.07, 6.45) is 0. The summed E-state index contributed by atoms with van der Waals surface area (Å²) in [6, 6.07) is 13.2. The Bertz CT molecular complexity index is 491. The molecular weight excluding hydrogens is 218 g/mol. The van der Waals surface area contributed by atoms with Gasteiger partial charge in [-0.2, -0.15) is 0 Å². The summed E-state index contributed by atoms with van der Waals surface area (Å²) in [5.41, 5.74) is 19.4. The second-order valence-electron chi connectivity index (χ2n) is 3.48. The number of para-hydroxylation sites is 1. The van der Waals surface area contributed by atoms with Crippen molar-refractivity contribution in [2.75, 3.05) is 17.2 Å². The van der Waals surface area contributed by atoms with Gasteiger partial charge in [-0.25, -0.2) is 0 Å². The molecule has 0 spiro atoms. The van der Waals surface area contributed by atoms with Crippen LogP contribution >= 0.6 is 11.8 Å². The lowest BCUT2D eigenvalue weighted by molar-refractivity contribution is 1.41. The van der Waals surface area contributed by atoms with Crippen LogP contribution in [0, 0.1) is 0 Å². The maximum absolute atomic E-state index is 5.86. The Kier molecular flexibility index (Phi) is 2.92. The first-order valence-electron chi connectivity index (χ1n) is 4.83. The van der Waals surface area contributed by atoms with E-state index < -0.39 is 0 Å². The minimum absolute atomic E-state index is 0.664. The van der Waals surface area contributed by atoms with E-state index >= 15 is 0 Å². The van der Waals surface area contributed by atoms with Gasteiger partial charge in [0.05, 0.1) is 0 Å². The van der Waals surface area contributed by atoms with Gasteiger partial charge in [0.1, 0.15) is 0 Å². The molecule has 0 saturated carbocycles. The zero-order valence-electron chi connectivity index (χ0n) is 8.68. The van der Waals surface area contributed by atoms with Crippen molar-refractivity contribution in [3.8, 4) is 0 Å². The molecule has 0 radical (unpaired) electrons. The van der Waals surface area contributed by atoms with E-state index in [1.165, 1.54) is 0 Å². The molecule has 3 nitrogen and oxygen atoms in total. The maximum atomic E-state index is 5.86. The van der Waals surface area contributed by atoms with Crippen molar-refractivity contribution in [3.63, 3.8) is 0 Å². The second kappa shape index (κ2) is 4.37. The zero-order chi connectivity index (χ0) is 11.5. The van der Waals surface area contributed by atoms with Crippen LogP contribution in [-0.2, 0) is 0 Å². The third kappa shape index (κ3) is 2.41. The minimum Gasteiger partial charge on any atom is -0.399 e. The summed E-state index contributed by atoms with van der Waals surface area (Å²) in [5.74, 6) is 0. The molecule has 0 aromatic heterocycles. The Morgan fingerprint density at radius 1 is 0.812 bits per heavy atom. The smallest absolute Gasteiger partial charge is 0.0455 e. The van der Waals surface area contributed by atoms with Crippen molar-refractivity contribution in [3.05, 3.63) is 42.5 Å². The van der Waals surface area contributed by atoms with Crippen LogP contribution < -0.4 is 17.2 Å². The molecule has 2 aromatic carbocycles. The van der Waals surface area contributed by atoms with E-state index in [0.717, 1.165) is 15.5 Å². The van der Waals surface area contributed by atoms with E-state index in [9.17, 15) is 0 Å². The van der Waals surface area contributed by atoms with E-state index in [1.807, 2.05) is 36.4 Å². The Labute approximate surface area is 98.6 Å². The predicted molar refractivity (Wildman–Crippen MR) is 70.2 cm³/mol. The van der Waals surface area contributed by atoms with Gasteiger partial charge in [0.25, 0.3) is 0 Å². The lowest BCUT2D eigenvalue weighted by Gasteiger charge is -2.06. The molecule has 2 rings (SSSR count). The molecule has 0 unspecified atom stereocenters. The van der Waals surface area contributed by atoms with Crippen molar-refractivity contribution in [1.29, 1.82) is 0 Å².